The van der Waals surface area contributed by atoms with Crippen LogP contribution in [-0.4, -0.2) is 36.2 Å². The Labute approximate surface area is 126 Å². The Kier molecular flexibility index (Phi) is 4.11. The van der Waals surface area contributed by atoms with Crippen molar-refractivity contribution in [2.75, 3.05) is 31.1 Å². The number of anilines is 1. The van der Waals surface area contributed by atoms with Crippen LogP contribution in [0.15, 0.2) is 48.5 Å². The molecule has 2 aromatic carbocycles. The third-order valence-electron chi connectivity index (χ3n) is 4.12. The van der Waals surface area contributed by atoms with E-state index in [1.54, 1.807) is 6.07 Å². The fraction of sp³-hybridized carbons (Fsp3) is 0.333. The standard InChI is InChI=1S/C18H22N2O/c1-15-6-8-16(9-7-15)14-19-10-12-20(13-11-19)17-4-2-3-5-18(17)21/h2-9,21H,10-14H2,1H3. The molecule has 3 nitrogen and oxygen atoms in total. The summed E-state index contributed by atoms with van der Waals surface area (Å²) < 4.78 is 0. The lowest BCUT2D eigenvalue weighted by Gasteiger charge is -2.36. The summed E-state index contributed by atoms with van der Waals surface area (Å²) in [5, 5.41) is 9.93. The molecule has 1 N–H and O–H groups in total. The molecule has 0 atom stereocenters. The summed E-state index contributed by atoms with van der Waals surface area (Å²) >= 11 is 0. The normalized spacial score (nSPS) is 16.1. The number of para-hydroxylation sites is 2. The largest absolute Gasteiger partial charge is 0.506 e. The van der Waals surface area contributed by atoms with Crippen LogP contribution < -0.4 is 4.90 Å². The third kappa shape index (κ3) is 3.37. The molecule has 0 saturated carbocycles. The van der Waals surface area contributed by atoms with Crippen molar-refractivity contribution in [3.05, 3.63) is 59.7 Å². The summed E-state index contributed by atoms with van der Waals surface area (Å²) in [5.74, 6) is 0.379. The first-order valence-electron chi connectivity index (χ1n) is 7.53. The van der Waals surface area contributed by atoms with E-state index in [0.29, 0.717) is 5.75 Å². The third-order valence-corrected chi connectivity index (χ3v) is 4.12. The van der Waals surface area contributed by atoms with Gasteiger partial charge in [-0.2, -0.15) is 0 Å². The van der Waals surface area contributed by atoms with E-state index in [-0.39, 0.29) is 0 Å². The Morgan fingerprint density at radius 1 is 0.905 bits per heavy atom. The van der Waals surface area contributed by atoms with Crippen molar-refractivity contribution in [2.45, 2.75) is 13.5 Å². The number of hydrogen-bond donors (Lipinski definition) is 1. The lowest BCUT2D eigenvalue weighted by molar-refractivity contribution is 0.249. The summed E-state index contributed by atoms with van der Waals surface area (Å²) in [6.07, 6.45) is 0. The van der Waals surface area contributed by atoms with Crippen LogP contribution in [0.5, 0.6) is 5.75 Å². The molecule has 1 saturated heterocycles. The maximum absolute atomic E-state index is 9.93. The highest BCUT2D eigenvalue weighted by atomic mass is 16.3. The van der Waals surface area contributed by atoms with Crippen LogP contribution in [0.25, 0.3) is 0 Å². The lowest BCUT2D eigenvalue weighted by Crippen LogP contribution is -2.45. The van der Waals surface area contributed by atoms with Crippen LogP contribution in [0.1, 0.15) is 11.1 Å². The minimum Gasteiger partial charge on any atom is -0.506 e. The van der Waals surface area contributed by atoms with E-state index < -0.39 is 0 Å². The van der Waals surface area contributed by atoms with E-state index in [2.05, 4.69) is 41.0 Å². The van der Waals surface area contributed by atoms with Crippen molar-refractivity contribution in [3.8, 4) is 5.75 Å². The van der Waals surface area contributed by atoms with Crippen molar-refractivity contribution in [1.29, 1.82) is 0 Å². The van der Waals surface area contributed by atoms with E-state index in [4.69, 9.17) is 0 Å². The number of phenolic OH excluding ortho intramolecular Hbond substituents is 1. The molecule has 3 heteroatoms. The number of rotatable bonds is 3. The number of piperazine rings is 1. The average Bonchev–Trinajstić information content (AvgIpc) is 2.51. The molecule has 21 heavy (non-hydrogen) atoms. The van der Waals surface area contributed by atoms with Gasteiger partial charge in [-0.1, -0.05) is 42.0 Å². The van der Waals surface area contributed by atoms with Gasteiger partial charge in [0.25, 0.3) is 0 Å². The summed E-state index contributed by atoms with van der Waals surface area (Å²) in [6.45, 7) is 7.11. The second-order valence-corrected chi connectivity index (χ2v) is 5.74. The van der Waals surface area contributed by atoms with Crippen LogP contribution in [0.3, 0.4) is 0 Å². The molecule has 0 radical (unpaired) electrons. The molecule has 1 heterocycles. The van der Waals surface area contributed by atoms with Crippen molar-refractivity contribution >= 4 is 5.69 Å². The molecule has 1 aliphatic heterocycles. The van der Waals surface area contributed by atoms with E-state index in [0.717, 1.165) is 38.4 Å². The number of aromatic hydroxyl groups is 1. The zero-order valence-corrected chi connectivity index (χ0v) is 12.5. The zero-order valence-electron chi connectivity index (χ0n) is 12.5. The first-order chi connectivity index (χ1) is 10.2. The predicted octanol–water partition coefficient (Wildman–Crippen LogP) is 3.02. The van der Waals surface area contributed by atoms with Gasteiger partial charge in [-0.05, 0) is 24.6 Å². The molecule has 1 fully saturated rings. The number of phenols is 1. The first-order valence-corrected chi connectivity index (χ1v) is 7.53. The number of nitrogens with zero attached hydrogens (tertiary/aromatic N) is 2. The molecule has 1 aliphatic rings. The summed E-state index contributed by atoms with van der Waals surface area (Å²) in [6, 6.07) is 16.4. The van der Waals surface area contributed by atoms with Crippen LogP contribution >= 0.6 is 0 Å². The molecule has 0 spiro atoms. The second-order valence-electron chi connectivity index (χ2n) is 5.74. The Hall–Kier alpha value is -2.00. The molecule has 0 bridgehead atoms. The van der Waals surface area contributed by atoms with Gasteiger partial charge in [0.05, 0.1) is 5.69 Å². The van der Waals surface area contributed by atoms with Gasteiger partial charge in [0, 0.05) is 32.7 Å². The Balaban J connectivity index is 1.58. The van der Waals surface area contributed by atoms with Crippen LogP contribution in [0, 0.1) is 6.92 Å². The molecule has 110 valence electrons. The van der Waals surface area contributed by atoms with Crippen molar-refractivity contribution < 1.29 is 5.11 Å². The summed E-state index contributed by atoms with van der Waals surface area (Å²) in [7, 11) is 0. The van der Waals surface area contributed by atoms with Crippen LogP contribution in [0.4, 0.5) is 5.69 Å². The molecular weight excluding hydrogens is 260 g/mol. The first kappa shape index (κ1) is 14.0. The maximum Gasteiger partial charge on any atom is 0.138 e. The maximum atomic E-state index is 9.93. The molecule has 3 rings (SSSR count). The second kappa shape index (κ2) is 6.19. The minimum atomic E-state index is 0.379. The van der Waals surface area contributed by atoms with Gasteiger partial charge in [-0.3, -0.25) is 4.90 Å². The molecular formula is C18H22N2O. The van der Waals surface area contributed by atoms with Gasteiger partial charge in [0.2, 0.25) is 0 Å². The van der Waals surface area contributed by atoms with Crippen LogP contribution in [-0.2, 0) is 6.54 Å². The molecule has 0 aliphatic carbocycles. The Morgan fingerprint density at radius 2 is 1.57 bits per heavy atom. The minimum absolute atomic E-state index is 0.379. The highest BCUT2D eigenvalue weighted by Crippen LogP contribution is 2.27. The van der Waals surface area contributed by atoms with E-state index >= 15 is 0 Å². The number of aryl methyl sites for hydroxylation is 1. The monoisotopic (exact) mass is 282 g/mol. The molecule has 0 aromatic heterocycles. The highest BCUT2D eigenvalue weighted by Gasteiger charge is 2.18. The van der Waals surface area contributed by atoms with Crippen molar-refractivity contribution in [1.82, 2.24) is 4.90 Å². The summed E-state index contributed by atoms with van der Waals surface area (Å²) in [5.41, 5.74) is 3.63. The zero-order chi connectivity index (χ0) is 14.7. The van der Waals surface area contributed by atoms with Crippen LogP contribution in [0.2, 0.25) is 0 Å². The van der Waals surface area contributed by atoms with E-state index in [1.807, 2.05) is 18.2 Å². The lowest BCUT2D eigenvalue weighted by atomic mass is 10.1. The average molecular weight is 282 g/mol. The topological polar surface area (TPSA) is 26.7 Å². The van der Waals surface area contributed by atoms with Gasteiger partial charge in [0.1, 0.15) is 5.75 Å². The fourth-order valence-electron chi connectivity index (χ4n) is 2.83. The quantitative estimate of drug-likeness (QED) is 0.937. The van der Waals surface area contributed by atoms with Gasteiger partial charge in [-0.25, -0.2) is 0 Å². The molecule has 2 aromatic rings. The Bertz CT molecular complexity index is 586. The van der Waals surface area contributed by atoms with E-state index in [9.17, 15) is 5.11 Å². The van der Waals surface area contributed by atoms with Gasteiger partial charge < -0.3 is 10.0 Å². The Morgan fingerprint density at radius 3 is 2.24 bits per heavy atom. The van der Waals surface area contributed by atoms with Gasteiger partial charge in [0.15, 0.2) is 0 Å². The number of benzene rings is 2. The van der Waals surface area contributed by atoms with Crippen molar-refractivity contribution in [2.24, 2.45) is 0 Å². The highest BCUT2D eigenvalue weighted by molar-refractivity contribution is 5.57. The fourth-order valence-corrected chi connectivity index (χ4v) is 2.83. The SMILES string of the molecule is Cc1ccc(CN2CCN(c3ccccc3O)CC2)cc1. The van der Waals surface area contributed by atoms with Gasteiger partial charge in [-0.15, -0.1) is 0 Å². The van der Waals surface area contributed by atoms with Crippen molar-refractivity contribution in [3.63, 3.8) is 0 Å². The predicted molar refractivity (Wildman–Crippen MR) is 86.8 cm³/mol. The molecule has 0 amide bonds. The number of hydrogen-bond acceptors (Lipinski definition) is 3. The van der Waals surface area contributed by atoms with E-state index in [1.165, 1.54) is 11.1 Å². The molecule has 0 unspecified atom stereocenters. The van der Waals surface area contributed by atoms with Gasteiger partial charge >= 0.3 is 0 Å². The smallest absolute Gasteiger partial charge is 0.138 e. The summed E-state index contributed by atoms with van der Waals surface area (Å²) in [4.78, 5) is 4.74.